The van der Waals surface area contributed by atoms with Crippen LogP contribution in [0.15, 0.2) is 22.9 Å². The van der Waals surface area contributed by atoms with Crippen LogP contribution < -0.4 is 5.32 Å². The largest absolute Gasteiger partial charge is 0.466 e. The zero-order valence-electron chi connectivity index (χ0n) is 13.2. The molecule has 1 rings (SSSR count). The van der Waals surface area contributed by atoms with E-state index < -0.39 is 23.7 Å². The van der Waals surface area contributed by atoms with E-state index in [0.717, 1.165) is 5.56 Å². The molecule has 1 unspecified atom stereocenters. The Balaban J connectivity index is 2.87. The number of esters is 1. The summed E-state index contributed by atoms with van der Waals surface area (Å²) in [6, 6.07) is 2.92. The summed E-state index contributed by atoms with van der Waals surface area (Å²) in [6.45, 7) is 7.34. The molecule has 0 radical (unpaired) electrons. The highest BCUT2D eigenvalue weighted by molar-refractivity contribution is 9.10. The monoisotopic (exact) mass is 372 g/mol. The lowest BCUT2D eigenvalue weighted by Gasteiger charge is -2.23. The Morgan fingerprint density at radius 3 is 2.64 bits per heavy atom. The van der Waals surface area contributed by atoms with Crippen molar-refractivity contribution >= 4 is 28.0 Å². The molecule has 0 saturated carbocycles. The molecule has 1 atom stereocenters. The molecule has 1 heterocycles. The van der Waals surface area contributed by atoms with E-state index in [0.29, 0.717) is 4.60 Å². The summed E-state index contributed by atoms with van der Waals surface area (Å²) >= 11 is 3.27. The van der Waals surface area contributed by atoms with Gasteiger partial charge >= 0.3 is 12.1 Å². The van der Waals surface area contributed by atoms with Crippen molar-refractivity contribution in [3.05, 3.63) is 28.5 Å². The highest BCUT2D eigenvalue weighted by Gasteiger charge is 2.23. The summed E-state index contributed by atoms with van der Waals surface area (Å²) in [6.07, 6.45) is 1.02. The second-order valence-corrected chi connectivity index (χ2v) is 6.43. The number of rotatable bonds is 5. The number of carbonyl (C=O) groups excluding carboxylic acids is 2. The zero-order valence-corrected chi connectivity index (χ0v) is 14.8. The number of amides is 1. The molecule has 122 valence electrons. The molecular weight excluding hydrogens is 352 g/mol. The fourth-order valence-corrected chi connectivity index (χ4v) is 2.11. The molecule has 0 spiro atoms. The predicted octanol–water partition coefficient (Wildman–Crippen LogP) is 3.36. The van der Waals surface area contributed by atoms with Crippen LogP contribution in [0.2, 0.25) is 0 Å². The highest BCUT2D eigenvalue weighted by Crippen LogP contribution is 2.21. The van der Waals surface area contributed by atoms with E-state index in [-0.39, 0.29) is 13.0 Å². The number of nitrogens with zero attached hydrogens (tertiary/aromatic N) is 1. The number of alkyl carbamates (subject to hydrolysis) is 1. The van der Waals surface area contributed by atoms with Crippen LogP contribution in [0.4, 0.5) is 4.79 Å². The quantitative estimate of drug-likeness (QED) is 0.633. The van der Waals surface area contributed by atoms with E-state index in [1.165, 1.54) is 0 Å². The van der Waals surface area contributed by atoms with Gasteiger partial charge in [0.1, 0.15) is 10.2 Å². The van der Waals surface area contributed by atoms with Crippen molar-refractivity contribution in [2.75, 3.05) is 6.61 Å². The third-order valence-corrected chi connectivity index (χ3v) is 2.95. The lowest BCUT2D eigenvalue weighted by atomic mass is 10.1. The molecule has 22 heavy (non-hydrogen) atoms. The molecule has 1 N–H and O–H groups in total. The van der Waals surface area contributed by atoms with Crippen molar-refractivity contribution in [2.24, 2.45) is 0 Å². The first-order chi connectivity index (χ1) is 10.2. The van der Waals surface area contributed by atoms with Crippen molar-refractivity contribution < 1.29 is 19.1 Å². The highest BCUT2D eigenvalue weighted by atomic mass is 79.9. The summed E-state index contributed by atoms with van der Waals surface area (Å²) in [4.78, 5) is 27.7. The van der Waals surface area contributed by atoms with E-state index in [1.54, 1.807) is 46.0 Å². The van der Waals surface area contributed by atoms with Gasteiger partial charge in [-0.05, 0) is 61.3 Å². The van der Waals surface area contributed by atoms with Crippen LogP contribution in [0.3, 0.4) is 0 Å². The Bertz CT molecular complexity index is 529. The molecule has 6 nitrogen and oxygen atoms in total. The molecule has 0 aromatic carbocycles. The minimum Gasteiger partial charge on any atom is -0.466 e. The number of hydrogen-bond donors (Lipinski definition) is 1. The van der Waals surface area contributed by atoms with Crippen LogP contribution in [0.1, 0.15) is 45.7 Å². The summed E-state index contributed by atoms with van der Waals surface area (Å²) < 4.78 is 10.8. The molecular formula is C15H21BrN2O4. The molecule has 1 amide bonds. The van der Waals surface area contributed by atoms with Crippen molar-refractivity contribution in [1.29, 1.82) is 0 Å². The summed E-state index contributed by atoms with van der Waals surface area (Å²) in [7, 11) is 0. The first kappa shape index (κ1) is 18.4. The SMILES string of the molecule is CCOC(=O)CC(NC(=O)OC(C)(C)C)c1ccnc(Br)c1. The Morgan fingerprint density at radius 1 is 1.41 bits per heavy atom. The average Bonchev–Trinajstić information content (AvgIpc) is 2.36. The molecule has 0 aliphatic carbocycles. The van der Waals surface area contributed by atoms with Gasteiger partial charge in [0.05, 0.1) is 19.1 Å². The molecule has 7 heteroatoms. The van der Waals surface area contributed by atoms with Crippen molar-refractivity contribution in [2.45, 2.75) is 45.8 Å². The molecule has 0 aliphatic heterocycles. The van der Waals surface area contributed by atoms with Crippen LogP contribution in [-0.4, -0.2) is 29.3 Å². The normalized spacial score (nSPS) is 12.4. The Kier molecular flexibility index (Phi) is 6.80. The smallest absolute Gasteiger partial charge is 0.408 e. The van der Waals surface area contributed by atoms with Gasteiger partial charge in [-0.3, -0.25) is 4.79 Å². The average molecular weight is 373 g/mol. The molecule has 0 bridgehead atoms. The van der Waals surface area contributed by atoms with E-state index in [2.05, 4.69) is 26.2 Å². The number of ether oxygens (including phenoxy) is 2. The summed E-state index contributed by atoms with van der Waals surface area (Å²) in [5.74, 6) is -0.392. The van der Waals surface area contributed by atoms with Crippen molar-refractivity contribution in [1.82, 2.24) is 10.3 Å². The predicted molar refractivity (Wildman–Crippen MR) is 85.3 cm³/mol. The van der Waals surface area contributed by atoms with Gasteiger partial charge in [-0.15, -0.1) is 0 Å². The van der Waals surface area contributed by atoms with Crippen LogP contribution >= 0.6 is 15.9 Å². The number of hydrogen-bond acceptors (Lipinski definition) is 5. The third kappa shape index (κ3) is 6.89. The standard InChI is InChI=1S/C15H21BrN2O4/c1-5-21-13(19)9-11(10-6-7-17-12(16)8-10)18-14(20)22-15(2,3)4/h6-8,11H,5,9H2,1-4H3,(H,18,20). The first-order valence-corrected chi connectivity index (χ1v) is 7.77. The summed E-state index contributed by atoms with van der Waals surface area (Å²) in [5.41, 5.74) is 0.123. The second-order valence-electron chi connectivity index (χ2n) is 5.62. The lowest BCUT2D eigenvalue weighted by Crippen LogP contribution is -2.36. The molecule has 0 saturated heterocycles. The van der Waals surface area contributed by atoms with Gasteiger partial charge < -0.3 is 14.8 Å². The Morgan fingerprint density at radius 2 is 2.09 bits per heavy atom. The molecule has 1 aromatic heterocycles. The van der Waals surface area contributed by atoms with Crippen LogP contribution in [0, 0.1) is 0 Å². The molecule has 1 aromatic rings. The van der Waals surface area contributed by atoms with Crippen molar-refractivity contribution in [3.8, 4) is 0 Å². The Hall–Kier alpha value is -1.63. The third-order valence-electron chi connectivity index (χ3n) is 2.52. The van der Waals surface area contributed by atoms with E-state index in [4.69, 9.17) is 9.47 Å². The number of aromatic nitrogens is 1. The number of pyridine rings is 1. The van der Waals surface area contributed by atoms with E-state index in [9.17, 15) is 9.59 Å². The van der Waals surface area contributed by atoms with Gasteiger partial charge in [0.15, 0.2) is 0 Å². The molecule has 0 aliphatic rings. The lowest BCUT2D eigenvalue weighted by molar-refractivity contribution is -0.143. The fraction of sp³-hybridized carbons (Fsp3) is 0.533. The fourth-order valence-electron chi connectivity index (χ4n) is 1.72. The minimum absolute atomic E-state index is 0.0174. The van der Waals surface area contributed by atoms with Gasteiger partial charge in [-0.2, -0.15) is 0 Å². The number of carbonyl (C=O) groups is 2. The Labute approximate surface area is 138 Å². The van der Waals surface area contributed by atoms with Gasteiger partial charge in [0, 0.05) is 6.20 Å². The number of nitrogens with one attached hydrogen (secondary N) is 1. The maximum Gasteiger partial charge on any atom is 0.408 e. The van der Waals surface area contributed by atoms with Crippen LogP contribution in [-0.2, 0) is 14.3 Å². The van der Waals surface area contributed by atoms with Crippen LogP contribution in [0.5, 0.6) is 0 Å². The first-order valence-electron chi connectivity index (χ1n) is 6.98. The maximum atomic E-state index is 12.0. The van der Waals surface area contributed by atoms with Crippen molar-refractivity contribution in [3.63, 3.8) is 0 Å². The van der Waals surface area contributed by atoms with Crippen LogP contribution in [0.25, 0.3) is 0 Å². The number of halogens is 1. The van der Waals surface area contributed by atoms with Gasteiger partial charge in [-0.25, -0.2) is 9.78 Å². The van der Waals surface area contributed by atoms with Gasteiger partial charge in [0.2, 0.25) is 0 Å². The van der Waals surface area contributed by atoms with Gasteiger partial charge in [-0.1, -0.05) is 0 Å². The summed E-state index contributed by atoms with van der Waals surface area (Å²) in [5, 5.41) is 2.70. The molecule has 0 fully saturated rings. The topological polar surface area (TPSA) is 77.5 Å². The minimum atomic E-state index is -0.614. The van der Waals surface area contributed by atoms with E-state index in [1.807, 2.05) is 0 Å². The maximum absolute atomic E-state index is 12.0. The second kappa shape index (κ2) is 8.12. The zero-order chi connectivity index (χ0) is 16.8. The van der Waals surface area contributed by atoms with E-state index >= 15 is 0 Å². The van der Waals surface area contributed by atoms with Gasteiger partial charge in [0.25, 0.3) is 0 Å².